The molecule has 2 rings (SSSR count). The Labute approximate surface area is 108 Å². The smallest absolute Gasteiger partial charge is 0.347 e. The van der Waals surface area contributed by atoms with Crippen molar-refractivity contribution in [2.24, 2.45) is 0 Å². The zero-order valence-electron chi connectivity index (χ0n) is 10.2. The highest BCUT2D eigenvalue weighted by Crippen LogP contribution is 2.19. The van der Waals surface area contributed by atoms with Gasteiger partial charge in [0.1, 0.15) is 12.2 Å². The molecule has 1 N–H and O–H groups in total. The Hall–Kier alpha value is -2.70. The van der Waals surface area contributed by atoms with Gasteiger partial charge < -0.3 is 10.1 Å². The van der Waals surface area contributed by atoms with Gasteiger partial charge in [0.15, 0.2) is 0 Å². The molecule has 0 aliphatic rings. The predicted octanol–water partition coefficient (Wildman–Crippen LogP) is 0.286. The van der Waals surface area contributed by atoms with Crippen LogP contribution < -0.4 is 15.7 Å². The number of anilines is 1. The summed E-state index contributed by atoms with van der Waals surface area (Å²) in [5.74, 6) is -0.0456. The molecule has 1 amide bonds. The molecule has 0 aromatic carbocycles. The molecule has 98 valence electrons. The average molecular weight is 260 g/mol. The monoisotopic (exact) mass is 260 g/mol. The second-order valence-corrected chi connectivity index (χ2v) is 3.64. The van der Waals surface area contributed by atoms with E-state index >= 15 is 0 Å². The molecule has 7 nitrogen and oxygen atoms in total. The van der Waals surface area contributed by atoms with Crippen LogP contribution >= 0.6 is 0 Å². The summed E-state index contributed by atoms with van der Waals surface area (Å²) in [5, 5.41) is 2.62. The quantitative estimate of drug-likeness (QED) is 0.853. The highest BCUT2D eigenvalue weighted by atomic mass is 16.5. The fraction of sp³-hybridized carbons (Fsp3) is 0.167. The Bertz CT molecular complexity index is 639. The lowest BCUT2D eigenvalue weighted by Crippen LogP contribution is -2.28. The van der Waals surface area contributed by atoms with E-state index in [1.165, 1.54) is 24.1 Å². The first-order valence-electron chi connectivity index (χ1n) is 5.51. The van der Waals surface area contributed by atoms with Crippen molar-refractivity contribution in [2.45, 2.75) is 6.54 Å². The number of carbonyl (C=O) groups is 1. The van der Waals surface area contributed by atoms with Crippen molar-refractivity contribution in [3.8, 4) is 5.88 Å². The first-order valence-corrected chi connectivity index (χ1v) is 5.51. The third-order valence-corrected chi connectivity index (χ3v) is 2.34. The Balaban J connectivity index is 2.10. The van der Waals surface area contributed by atoms with E-state index in [0.717, 1.165) is 0 Å². The van der Waals surface area contributed by atoms with Gasteiger partial charge in [0.05, 0.1) is 7.11 Å². The van der Waals surface area contributed by atoms with Crippen LogP contribution in [0.25, 0.3) is 0 Å². The summed E-state index contributed by atoms with van der Waals surface area (Å²) in [6.07, 6.45) is 4.43. The Morgan fingerprint density at radius 3 is 2.89 bits per heavy atom. The van der Waals surface area contributed by atoms with E-state index in [0.29, 0.717) is 11.6 Å². The van der Waals surface area contributed by atoms with E-state index in [2.05, 4.69) is 15.3 Å². The molecule has 2 aromatic heterocycles. The molecule has 2 aromatic rings. The highest BCUT2D eigenvalue weighted by Gasteiger charge is 2.09. The fourth-order valence-electron chi connectivity index (χ4n) is 1.50. The van der Waals surface area contributed by atoms with Gasteiger partial charge in [-0.15, -0.1) is 0 Å². The number of hydrogen-bond donors (Lipinski definition) is 1. The molecule has 0 aliphatic heterocycles. The lowest BCUT2D eigenvalue weighted by atomic mass is 10.4. The van der Waals surface area contributed by atoms with Crippen LogP contribution in [0.5, 0.6) is 5.88 Å². The maximum atomic E-state index is 11.8. The number of nitrogens with one attached hydrogen (secondary N) is 1. The van der Waals surface area contributed by atoms with Crippen molar-refractivity contribution in [1.29, 1.82) is 0 Å². The van der Waals surface area contributed by atoms with Gasteiger partial charge in [0.25, 0.3) is 0 Å². The van der Waals surface area contributed by atoms with E-state index in [1.54, 1.807) is 24.4 Å². The minimum atomic E-state index is -0.476. The van der Waals surface area contributed by atoms with Crippen LogP contribution in [0.1, 0.15) is 0 Å². The zero-order chi connectivity index (χ0) is 13.7. The standard InChI is InChI=1S/C12H12N4O3/c1-19-11-9(4-2-5-13-11)15-10(17)8-16-7-3-6-14-12(16)18/h2-7H,8H2,1H3,(H,15,17). The third kappa shape index (κ3) is 3.15. The normalized spacial score (nSPS) is 9.95. The Morgan fingerprint density at radius 1 is 1.37 bits per heavy atom. The second-order valence-electron chi connectivity index (χ2n) is 3.64. The van der Waals surface area contributed by atoms with Crippen LogP contribution in [-0.2, 0) is 11.3 Å². The van der Waals surface area contributed by atoms with Crippen molar-refractivity contribution >= 4 is 11.6 Å². The number of ether oxygens (including phenoxy) is 1. The summed E-state index contributed by atoms with van der Waals surface area (Å²) in [6.45, 7) is -0.120. The molecule has 0 fully saturated rings. The lowest BCUT2D eigenvalue weighted by Gasteiger charge is -2.09. The van der Waals surface area contributed by atoms with Crippen molar-refractivity contribution in [3.05, 3.63) is 47.3 Å². The van der Waals surface area contributed by atoms with Gasteiger partial charge in [-0.05, 0) is 18.2 Å². The number of amides is 1. The van der Waals surface area contributed by atoms with Gasteiger partial charge in [0.2, 0.25) is 11.8 Å². The van der Waals surface area contributed by atoms with Gasteiger partial charge in [0, 0.05) is 18.6 Å². The summed E-state index contributed by atoms with van der Waals surface area (Å²) >= 11 is 0. The van der Waals surface area contributed by atoms with Crippen molar-refractivity contribution < 1.29 is 9.53 Å². The number of methoxy groups -OCH3 is 1. The molecule has 0 atom stereocenters. The van der Waals surface area contributed by atoms with Crippen molar-refractivity contribution in [3.63, 3.8) is 0 Å². The van der Waals surface area contributed by atoms with Crippen LogP contribution in [0.3, 0.4) is 0 Å². The number of carbonyl (C=O) groups excluding carboxylic acids is 1. The zero-order valence-corrected chi connectivity index (χ0v) is 10.2. The highest BCUT2D eigenvalue weighted by molar-refractivity contribution is 5.91. The molecule has 19 heavy (non-hydrogen) atoms. The lowest BCUT2D eigenvalue weighted by molar-refractivity contribution is -0.116. The molecule has 7 heteroatoms. The van der Waals surface area contributed by atoms with Gasteiger partial charge >= 0.3 is 5.69 Å². The first kappa shape index (κ1) is 12.7. The molecule has 0 radical (unpaired) electrons. The molecule has 0 aliphatic carbocycles. The van der Waals surface area contributed by atoms with Crippen molar-refractivity contribution in [2.75, 3.05) is 12.4 Å². The number of hydrogen-bond acceptors (Lipinski definition) is 5. The van der Waals surface area contributed by atoms with Crippen LogP contribution in [0.2, 0.25) is 0 Å². The summed E-state index contributed by atoms with van der Waals surface area (Å²) in [7, 11) is 1.46. The summed E-state index contributed by atoms with van der Waals surface area (Å²) in [6, 6.07) is 4.92. The summed E-state index contributed by atoms with van der Waals surface area (Å²) in [5.41, 5.74) is -0.0252. The average Bonchev–Trinajstić information content (AvgIpc) is 2.42. The van der Waals surface area contributed by atoms with Crippen molar-refractivity contribution in [1.82, 2.24) is 14.5 Å². The van der Waals surface area contributed by atoms with Crippen LogP contribution in [-0.4, -0.2) is 27.6 Å². The molecule has 0 spiro atoms. The number of aromatic nitrogens is 3. The van der Waals surface area contributed by atoms with Gasteiger partial charge in [-0.3, -0.25) is 9.36 Å². The summed E-state index contributed by atoms with van der Waals surface area (Å²) in [4.78, 5) is 30.7. The van der Waals surface area contributed by atoms with Gasteiger partial charge in [-0.2, -0.15) is 0 Å². The molecule has 0 unspecified atom stereocenters. The Kier molecular flexibility index (Phi) is 3.87. The van der Waals surface area contributed by atoms with Crippen LogP contribution in [0, 0.1) is 0 Å². The van der Waals surface area contributed by atoms with E-state index < -0.39 is 5.69 Å². The largest absolute Gasteiger partial charge is 0.480 e. The van der Waals surface area contributed by atoms with Crippen LogP contribution in [0.15, 0.2) is 41.6 Å². The SMILES string of the molecule is COc1ncccc1NC(=O)Cn1cccnc1=O. The Morgan fingerprint density at radius 2 is 2.16 bits per heavy atom. The van der Waals surface area contributed by atoms with E-state index in [9.17, 15) is 9.59 Å². The van der Waals surface area contributed by atoms with Gasteiger partial charge in [-0.1, -0.05) is 0 Å². The number of pyridine rings is 1. The maximum Gasteiger partial charge on any atom is 0.347 e. The molecule has 0 saturated carbocycles. The van der Waals surface area contributed by atoms with E-state index in [-0.39, 0.29) is 12.5 Å². The molecule has 2 heterocycles. The minimum absolute atomic E-state index is 0.120. The molecule has 0 saturated heterocycles. The minimum Gasteiger partial charge on any atom is -0.480 e. The fourth-order valence-corrected chi connectivity index (χ4v) is 1.50. The molecular weight excluding hydrogens is 248 g/mol. The van der Waals surface area contributed by atoms with E-state index in [1.807, 2.05) is 0 Å². The van der Waals surface area contributed by atoms with Crippen LogP contribution in [0.4, 0.5) is 5.69 Å². The molecule has 0 bridgehead atoms. The van der Waals surface area contributed by atoms with Gasteiger partial charge in [-0.25, -0.2) is 14.8 Å². The number of nitrogens with zero attached hydrogens (tertiary/aromatic N) is 3. The first-order chi connectivity index (χ1) is 9.20. The topological polar surface area (TPSA) is 86.1 Å². The second kappa shape index (κ2) is 5.76. The molecular formula is C12H12N4O3. The van der Waals surface area contributed by atoms with E-state index in [4.69, 9.17) is 4.74 Å². The summed E-state index contributed by atoms with van der Waals surface area (Å²) < 4.78 is 6.22. The third-order valence-electron chi connectivity index (χ3n) is 2.34. The number of rotatable bonds is 4. The maximum absolute atomic E-state index is 11.8. The predicted molar refractivity (Wildman–Crippen MR) is 67.9 cm³/mol.